The molecule has 0 bridgehead atoms. The molecule has 2 aromatic heterocycles. The zero-order valence-electron chi connectivity index (χ0n) is 14.6. The van der Waals surface area contributed by atoms with Gasteiger partial charge in [-0.2, -0.15) is 0 Å². The Bertz CT molecular complexity index is 1120. The maximum Gasteiger partial charge on any atom is 0.184 e. The minimum atomic E-state index is 0.523. The predicted octanol–water partition coefficient (Wildman–Crippen LogP) is 3.49. The fourth-order valence-electron chi connectivity index (χ4n) is 3.58. The SMILES string of the molecule is Clc1ccccc1Cn1nnc2c(N3CCc4ccccc4C3)ncnc21. The molecule has 0 fully saturated rings. The zero-order valence-corrected chi connectivity index (χ0v) is 15.3. The number of benzene rings is 2. The van der Waals surface area contributed by atoms with Crippen molar-refractivity contribution in [1.82, 2.24) is 25.0 Å². The van der Waals surface area contributed by atoms with Gasteiger partial charge in [-0.3, -0.25) is 0 Å². The second-order valence-corrected chi connectivity index (χ2v) is 7.06. The molecule has 1 aliphatic heterocycles. The molecule has 7 heteroatoms. The van der Waals surface area contributed by atoms with Crippen LogP contribution < -0.4 is 4.90 Å². The van der Waals surface area contributed by atoms with E-state index in [0.717, 1.165) is 42.1 Å². The first-order valence-electron chi connectivity index (χ1n) is 8.89. The van der Waals surface area contributed by atoms with E-state index in [1.807, 2.05) is 24.3 Å². The molecule has 5 rings (SSSR count). The van der Waals surface area contributed by atoms with E-state index in [1.165, 1.54) is 11.1 Å². The van der Waals surface area contributed by atoms with Crippen molar-refractivity contribution in [3.05, 3.63) is 76.6 Å². The van der Waals surface area contributed by atoms with E-state index >= 15 is 0 Å². The van der Waals surface area contributed by atoms with Crippen LogP contribution in [0.25, 0.3) is 11.2 Å². The minimum Gasteiger partial charge on any atom is -0.350 e. The first-order valence-corrected chi connectivity index (χ1v) is 9.27. The second-order valence-electron chi connectivity index (χ2n) is 6.65. The van der Waals surface area contributed by atoms with Crippen molar-refractivity contribution in [3.63, 3.8) is 0 Å². The maximum absolute atomic E-state index is 6.29. The van der Waals surface area contributed by atoms with Gasteiger partial charge in [0.2, 0.25) is 0 Å². The lowest BCUT2D eigenvalue weighted by Gasteiger charge is -2.29. The second kappa shape index (κ2) is 6.63. The van der Waals surface area contributed by atoms with Crippen LogP contribution in [0.15, 0.2) is 54.9 Å². The largest absolute Gasteiger partial charge is 0.350 e. The summed E-state index contributed by atoms with van der Waals surface area (Å²) >= 11 is 6.29. The molecule has 0 spiro atoms. The molecule has 0 aliphatic carbocycles. The van der Waals surface area contributed by atoms with E-state index in [1.54, 1.807) is 11.0 Å². The third kappa shape index (κ3) is 2.92. The van der Waals surface area contributed by atoms with Gasteiger partial charge in [0.15, 0.2) is 17.0 Å². The van der Waals surface area contributed by atoms with E-state index in [4.69, 9.17) is 11.6 Å². The third-order valence-corrected chi connectivity index (χ3v) is 5.36. The van der Waals surface area contributed by atoms with Gasteiger partial charge in [0.05, 0.1) is 6.54 Å². The summed E-state index contributed by atoms with van der Waals surface area (Å²) in [7, 11) is 0. The Hall–Kier alpha value is -2.99. The number of hydrogen-bond acceptors (Lipinski definition) is 5. The Labute approximate surface area is 161 Å². The van der Waals surface area contributed by atoms with Crippen LogP contribution in [0.5, 0.6) is 0 Å². The van der Waals surface area contributed by atoms with Crippen molar-refractivity contribution >= 4 is 28.6 Å². The molecule has 3 heterocycles. The van der Waals surface area contributed by atoms with Crippen LogP contribution in [0.2, 0.25) is 5.02 Å². The summed E-state index contributed by atoms with van der Waals surface area (Å²) in [6.45, 7) is 2.25. The lowest BCUT2D eigenvalue weighted by atomic mass is 10.00. The Morgan fingerprint density at radius 3 is 2.67 bits per heavy atom. The van der Waals surface area contributed by atoms with Crippen molar-refractivity contribution in [2.45, 2.75) is 19.5 Å². The van der Waals surface area contributed by atoms with Gasteiger partial charge in [-0.1, -0.05) is 59.3 Å². The lowest BCUT2D eigenvalue weighted by molar-refractivity contribution is 0.664. The minimum absolute atomic E-state index is 0.523. The highest BCUT2D eigenvalue weighted by molar-refractivity contribution is 6.31. The smallest absolute Gasteiger partial charge is 0.184 e. The molecule has 0 atom stereocenters. The van der Waals surface area contributed by atoms with Gasteiger partial charge in [0, 0.05) is 18.1 Å². The molecule has 6 nitrogen and oxygen atoms in total. The molecule has 27 heavy (non-hydrogen) atoms. The van der Waals surface area contributed by atoms with Gasteiger partial charge in [-0.25, -0.2) is 14.6 Å². The van der Waals surface area contributed by atoms with Crippen LogP contribution in [0.1, 0.15) is 16.7 Å². The molecule has 0 radical (unpaired) electrons. The molecule has 4 aromatic rings. The number of hydrogen-bond donors (Lipinski definition) is 0. The van der Waals surface area contributed by atoms with Gasteiger partial charge in [0.25, 0.3) is 0 Å². The topological polar surface area (TPSA) is 59.7 Å². The Kier molecular flexibility index (Phi) is 3.98. The van der Waals surface area contributed by atoms with Gasteiger partial charge < -0.3 is 4.90 Å². The normalized spacial score (nSPS) is 13.7. The summed E-state index contributed by atoms with van der Waals surface area (Å²) < 4.78 is 1.78. The molecule has 2 aromatic carbocycles. The molecule has 134 valence electrons. The molecule has 0 N–H and O–H groups in total. The number of halogens is 1. The highest BCUT2D eigenvalue weighted by Gasteiger charge is 2.21. The first kappa shape index (κ1) is 16.2. The Morgan fingerprint density at radius 1 is 0.963 bits per heavy atom. The van der Waals surface area contributed by atoms with E-state index in [0.29, 0.717) is 11.6 Å². The fraction of sp³-hybridized carbons (Fsp3) is 0.200. The van der Waals surface area contributed by atoms with Crippen molar-refractivity contribution in [2.75, 3.05) is 11.4 Å². The molecule has 1 aliphatic rings. The summed E-state index contributed by atoms with van der Waals surface area (Å²) in [5.41, 5.74) is 5.17. The van der Waals surface area contributed by atoms with E-state index in [-0.39, 0.29) is 0 Å². The first-order chi connectivity index (χ1) is 13.3. The Morgan fingerprint density at radius 2 is 1.78 bits per heavy atom. The number of anilines is 1. The number of aromatic nitrogens is 5. The molecule has 0 amide bonds. The average Bonchev–Trinajstić information content (AvgIpc) is 3.12. The molecular weight excluding hydrogens is 360 g/mol. The number of fused-ring (bicyclic) bond motifs is 2. The third-order valence-electron chi connectivity index (χ3n) is 4.99. The Balaban J connectivity index is 1.50. The summed E-state index contributed by atoms with van der Waals surface area (Å²) in [5.74, 6) is 0.833. The quantitative estimate of drug-likeness (QED) is 0.547. The molecular formula is C20H17ClN6. The average molecular weight is 377 g/mol. The highest BCUT2D eigenvalue weighted by atomic mass is 35.5. The van der Waals surface area contributed by atoms with E-state index < -0.39 is 0 Å². The van der Waals surface area contributed by atoms with Gasteiger partial charge in [0.1, 0.15) is 6.33 Å². The van der Waals surface area contributed by atoms with Crippen LogP contribution in [-0.4, -0.2) is 31.5 Å². The van der Waals surface area contributed by atoms with Crippen molar-refractivity contribution in [3.8, 4) is 0 Å². The zero-order chi connectivity index (χ0) is 18.2. The van der Waals surface area contributed by atoms with Crippen LogP contribution in [0.3, 0.4) is 0 Å². The maximum atomic E-state index is 6.29. The predicted molar refractivity (Wildman–Crippen MR) is 105 cm³/mol. The number of nitrogens with zero attached hydrogens (tertiary/aromatic N) is 6. The lowest BCUT2D eigenvalue weighted by Crippen LogP contribution is -2.31. The van der Waals surface area contributed by atoms with Crippen molar-refractivity contribution in [1.29, 1.82) is 0 Å². The fourth-order valence-corrected chi connectivity index (χ4v) is 3.78. The molecule has 0 saturated carbocycles. The summed E-state index contributed by atoms with van der Waals surface area (Å²) in [4.78, 5) is 11.2. The molecule has 0 unspecified atom stereocenters. The van der Waals surface area contributed by atoms with Crippen LogP contribution in [0.4, 0.5) is 5.82 Å². The van der Waals surface area contributed by atoms with Gasteiger partial charge in [-0.05, 0) is 29.2 Å². The number of rotatable bonds is 3. The highest BCUT2D eigenvalue weighted by Crippen LogP contribution is 2.27. The summed E-state index contributed by atoms with van der Waals surface area (Å²) in [6.07, 6.45) is 2.58. The van der Waals surface area contributed by atoms with Gasteiger partial charge >= 0.3 is 0 Å². The summed E-state index contributed by atoms with van der Waals surface area (Å²) in [6, 6.07) is 16.3. The van der Waals surface area contributed by atoms with E-state index in [9.17, 15) is 0 Å². The van der Waals surface area contributed by atoms with Crippen LogP contribution in [-0.2, 0) is 19.5 Å². The van der Waals surface area contributed by atoms with Gasteiger partial charge in [-0.15, -0.1) is 5.10 Å². The standard InChI is InChI=1S/C20H17ClN6/c21-17-8-4-3-7-16(17)12-27-20-18(24-25-27)19(22-13-23-20)26-10-9-14-5-1-2-6-15(14)11-26/h1-8,13H,9-12H2. The van der Waals surface area contributed by atoms with Crippen LogP contribution in [0, 0.1) is 0 Å². The van der Waals surface area contributed by atoms with E-state index in [2.05, 4.69) is 49.4 Å². The van der Waals surface area contributed by atoms with Crippen molar-refractivity contribution < 1.29 is 0 Å². The van der Waals surface area contributed by atoms with Crippen molar-refractivity contribution in [2.24, 2.45) is 0 Å². The summed E-state index contributed by atoms with van der Waals surface area (Å²) in [5, 5.41) is 9.40. The van der Waals surface area contributed by atoms with Crippen LogP contribution >= 0.6 is 11.6 Å². The molecule has 0 saturated heterocycles. The monoisotopic (exact) mass is 376 g/mol.